The summed E-state index contributed by atoms with van der Waals surface area (Å²) in [5, 5.41) is 11.4. The first-order valence-corrected chi connectivity index (χ1v) is 11.0. The summed E-state index contributed by atoms with van der Waals surface area (Å²) >= 11 is 7.60. The fraction of sp³-hybridized carbons (Fsp3) is 0.286. The van der Waals surface area contributed by atoms with E-state index in [-0.39, 0.29) is 18.1 Å². The average molecular weight is 441 g/mol. The normalized spacial score (nSPS) is 11.1. The molecule has 0 bridgehead atoms. The van der Waals surface area contributed by atoms with E-state index < -0.39 is 0 Å². The van der Waals surface area contributed by atoms with Crippen LogP contribution >= 0.6 is 22.9 Å². The molecule has 0 fully saturated rings. The number of imidazole rings is 1. The van der Waals surface area contributed by atoms with Crippen LogP contribution in [0.2, 0.25) is 4.34 Å². The van der Waals surface area contributed by atoms with E-state index in [1.807, 2.05) is 24.3 Å². The lowest BCUT2D eigenvalue weighted by molar-refractivity contribution is 0.0946. The first-order chi connectivity index (χ1) is 14.7. The maximum atomic E-state index is 12.3. The number of aryl methyl sites for hydroxylation is 2. The summed E-state index contributed by atoms with van der Waals surface area (Å²) in [6.45, 7) is 0.289. The molecule has 0 aliphatic carbocycles. The van der Waals surface area contributed by atoms with Crippen molar-refractivity contribution in [3.05, 3.63) is 69.2 Å². The third-order valence-electron chi connectivity index (χ3n) is 4.65. The summed E-state index contributed by atoms with van der Waals surface area (Å²) < 4.78 is 0.420. The number of aromatic nitrogens is 5. The molecule has 9 heteroatoms. The number of nitrogens with one attached hydrogen (secondary N) is 2. The molecule has 0 radical (unpaired) electrons. The molecule has 30 heavy (non-hydrogen) atoms. The van der Waals surface area contributed by atoms with Crippen molar-refractivity contribution in [1.82, 2.24) is 30.5 Å². The van der Waals surface area contributed by atoms with Crippen molar-refractivity contribution in [1.29, 1.82) is 0 Å². The number of nitrogens with zero attached hydrogens (tertiary/aromatic N) is 4. The molecule has 0 aliphatic heterocycles. The SMILES string of the molecule is O=C(NCc1cccnn1)c1nc(CCCCCc2nc3ccccc3[nH]2)sc1Cl. The van der Waals surface area contributed by atoms with E-state index in [4.69, 9.17) is 11.6 Å². The Bertz CT molecular complexity index is 1090. The number of rotatable bonds is 9. The van der Waals surface area contributed by atoms with Gasteiger partial charge in [-0.05, 0) is 43.5 Å². The summed E-state index contributed by atoms with van der Waals surface area (Å²) in [4.78, 5) is 24.7. The van der Waals surface area contributed by atoms with Crippen molar-refractivity contribution >= 4 is 39.9 Å². The van der Waals surface area contributed by atoms with Crippen LogP contribution in [0.15, 0.2) is 42.6 Å². The van der Waals surface area contributed by atoms with E-state index >= 15 is 0 Å². The lowest BCUT2D eigenvalue weighted by Gasteiger charge is -2.02. The Balaban J connectivity index is 1.22. The number of hydrogen-bond acceptors (Lipinski definition) is 6. The van der Waals surface area contributed by atoms with Crippen LogP contribution in [0, 0.1) is 0 Å². The van der Waals surface area contributed by atoms with E-state index in [0.717, 1.165) is 54.0 Å². The molecule has 0 saturated heterocycles. The van der Waals surface area contributed by atoms with E-state index in [1.165, 1.54) is 11.3 Å². The van der Waals surface area contributed by atoms with Gasteiger partial charge < -0.3 is 10.3 Å². The van der Waals surface area contributed by atoms with Crippen LogP contribution in [0.3, 0.4) is 0 Å². The molecule has 1 aromatic carbocycles. The number of H-pyrrole nitrogens is 1. The van der Waals surface area contributed by atoms with Gasteiger partial charge in [-0.3, -0.25) is 4.79 Å². The maximum Gasteiger partial charge on any atom is 0.272 e. The number of carbonyl (C=O) groups is 1. The van der Waals surface area contributed by atoms with E-state index in [1.54, 1.807) is 18.3 Å². The Morgan fingerprint density at radius 1 is 1.07 bits per heavy atom. The highest BCUT2D eigenvalue weighted by molar-refractivity contribution is 7.16. The minimum Gasteiger partial charge on any atom is -0.345 e. The highest BCUT2D eigenvalue weighted by Gasteiger charge is 2.16. The van der Waals surface area contributed by atoms with E-state index in [9.17, 15) is 4.79 Å². The van der Waals surface area contributed by atoms with Gasteiger partial charge >= 0.3 is 0 Å². The smallest absolute Gasteiger partial charge is 0.272 e. The Hall–Kier alpha value is -2.84. The zero-order valence-corrected chi connectivity index (χ0v) is 17.8. The van der Waals surface area contributed by atoms with Gasteiger partial charge in [-0.1, -0.05) is 30.2 Å². The van der Waals surface area contributed by atoms with Crippen LogP contribution in [-0.4, -0.2) is 31.1 Å². The Labute approximate surface area is 182 Å². The number of amides is 1. The molecule has 3 aromatic heterocycles. The molecule has 4 aromatic rings. The second kappa shape index (κ2) is 9.77. The third-order valence-corrected chi connectivity index (χ3v) is 5.96. The van der Waals surface area contributed by atoms with Crippen LogP contribution in [0.1, 0.15) is 46.3 Å². The van der Waals surface area contributed by atoms with Crippen LogP contribution in [0.5, 0.6) is 0 Å². The zero-order chi connectivity index (χ0) is 20.8. The van der Waals surface area contributed by atoms with Crippen molar-refractivity contribution in [2.45, 2.75) is 38.6 Å². The van der Waals surface area contributed by atoms with Gasteiger partial charge in [0.1, 0.15) is 10.2 Å². The summed E-state index contributed by atoms with van der Waals surface area (Å²) in [5.41, 5.74) is 3.05. The number of thiazole rings is 1. The number of carbonyl (C=O) groups excluding carboxylic acids is 1. The Morgan fingerprint density at radius 3 is 2.77 bits per heavy atom. The molecule has 3 heterocycles. The molecular weight excluding hydrogens is 420 g/mol. The van der Waals surface area contributed by atoms with E-state index in [0.29, 0.717) is 10.0 Å². The number of halogens is 1. The lowest BCUT2D eigenvalue weighted by Crippen LogP contribution is -2.24. The fourth-order valence-corrected chi connectivity index (χ4v) is 4.36. The highest BCUT2D eigenvalue weighted by atomic mass is 35.5. The summed E-state index contributed by atoms with van der Waals surface area (Å²) in [7, 11) is 0. The molecule has 1 amide bonds. The van der Waals surface area contributed by atoms with Gasteiger partial charge in [-0.25, -0.2) is 9.97 Å². The summed E-state index contributed by atoms with van der Waals surface area (Å²) in [5.74, 6) is 0.730. The second-order valence-electron chi connectivity index (χ2n) is 6.89. The molecule has 0 atom stereocenters. The van der Waals surface area contributed by atoms with Crippen molar-refractivity contribution in [3.8, 4) is 0 Å². The average Bonchev–Trinajstić information content (AvgIpc) is 3.35. The second-order valence-corrected chi connectivity index (χ2v) is 8.57. The number of unbranched alkanes of at least 4 members (excludes halogenated alkanes) is 2. The van der Waals surface area contributed by atoms with Crippen LogP contribution < -0.4 is 5.32 Å². The first kappa shape index (κ1) is 20.4. The van der Waals surface area contributed by atoms with Crippen molar-refractivity contribution in [2.75, 3.05) is 0 Å². The van der Waals surface area contributed by atoms with Crippen molar-refractivity contribution < 1.29 is 4.79 Å². The highest BCUT2D eigenvalue weighted by Crippen LogP contribution is 2.25. The minimum absolute atomic E-state index is 0.280. The number of fused-ring (bicyclic) bond motifs is 1. The zero-order valence-electron chi connectivity index (χ0n) is 16.3. The topological polar surface area (TPSA) is 96.5 Å². The minimum atomic E-state index is -0.293. The molecule has 2 N–H and O–H groups in total. The van der Waals surface area contributed by atoms with Crippen LogP contribution in [0.25, 0.3) is 11.0 Å². The largest absolute Gasteiger partial charge is 0.345 e. The molecule has 0 saturated carbocycles. The molecule has 0 spiro atoms. The lowest BCUT2D eigenvalue weighted by atomic mass is 10.1. The predicted molar refractivity (Wildman–Crippen MR) is 118 cm³/mol. The molecule has 154 valence electrons. The van der Waals surface area contributed by atoms with Gasteiger partial charge in [0.2, 0.25) is 0 Å². The monoisotopic (exact) mass is 440 g/mol. The van der Waals surface area contributed by atoms with Gasteiger partial charge in [0.15, 0.2) is 5.69 Å². The number of aromatic amines is 1. The van der Waals surface area contributed by atoms with Gasteiger partial charge in [-0.15, -0.1) is 11.3 Å². The quantitative estimate of drug-likeness (QED) is 0.377. The number of benzene rings is 1. The summed E-state index contributed by atoms with van der Waals surface area (Å²) in [6.07, 6.45) is 6.41. The Kier molecular flexibility index (Phi) is 6.66. The third kappa shape index (κ3) is 5.20. The number of para-hydroxylation sites is 2. The summed E-state index contributed by atoms with van der Waals surface area (Å²) in [6, 6.07) is 11.6. The van der Waals surface area contributed by atoms with Gasteiger partial charge in [0.05, 0.1) is 28.3 Å². The van der Waals surface area contributed by atoms with E-state index in [2.05, 4.69) is 30.5 Å². The standard InChI is InChI=1S/C21H21ClN6OS/c22-20-19(21(29)23-13-14-7-6-12-24-28-14)27-18(30-20)11-3-1-2-10-17-25-15-8-4-5-9-16(15)26-17/h4-9,12H,1-3,10-11,13H2,(H,23,29)(H,25,26). The fourth-order valence-electron chi connectivity index (χ4n) is 3.14. The van der Waals surface area contributed by atoms with Gasteiger partial charge in [-0.2, -0.15) is 10.2 Å². The van der Waals surface area contributed by atoms with Crippen molar-refractivity contribution in [2.24, 2.45) is 0 Å². The van der Waals surface area contributed by atoms with Gasteiger partial charge in [0.25, 0.3) is 5.91 Å². The van der Waals surface area contributed by atoms with Crippen LogP contribution in [0.4, 0.5) is 0 Å². The maximum absolute atomic E-state index is 12.3. The molecule has 7 nitrogen and oxygen atoms in total. The Morgan fingerprint density at radius 2 is 1.93 bits per heavy atom. The molecule has 4 rings (SSSR count). The molecule has 0 unspecified atom stereocenters. The molecule has 0 aliphatic rings. The predicted octanol–water partition coefficient (Wildman–Crippen LogP) is 4.35. The first-order valence-electron chi connectivity index (χ1n) is 9.82. The number of hydrogen-bond donors (Lipinski definition) is 2. The van der Waals surface area contributed by atoms with Crippen LogP contribution in [-0.2, 0) is 19.4 Å². The molecular formula is C21H21ClN6OS. The van der Waals surface area contributed by atoms with Crippen molar-refractivity contribution in [3.63, 3.8) is 0 Å². The van der Waals surface area contributed by atoms with Gasteiger partial charge in [0, 0.05) is 12.6 Å².